The summed E-state index contributed by atoms with van der Waals surface area (Å²) in [6.07, 6.45) is 3.00. The number of ether oxygens (including phenoxy) is 1. The maximum absolute atomic E-state index is 5.57. The molecule has 0 saturated carbocycles. The summed E-state index contributed by atoms with van der Waals surface area (Å²) in [5.41, 5.74) is 0.975. The van der Waals surface area contributed by atoms with Crippen molar-refractivity contribution in [1.82, 2.24) is 4.98 Å². The lowest BCUT2D eigenvalue weighted by Gasteiger charge is -2.13. The second kappa shape index (κ2) is 5.47. The van der Waals surface area contributed by atoms with Gasteiger partial charge in [-0.3, -0.25) is 0 Å². The van der Waals surface area contributed by atoms with E-state index in [9.17, 15) is 0 Å². The summed E-state index contributed by atoms with van der Waals surface area (Å²) in [5, 5.41) is 3.28. The standard InChI is InChI=1S/C11H18N2O/c1-4-7-12-10-6-5-8-13-11(10)14-9(2)3/h5-6,8-9,12H,4,7H2,1-3H3. The first kappa shape index (κ1) is 10.8. The van der Waals surface area contributed by atoms with Gasteiger partial charge in [-0.1, -0.05) is 6.92 Å². The minimum atomic E-state index is 0.159. The zero-order chi connectivity index (χ0) is 10.4. The first-order valence-corrected chi connectivity index (χ1v) is 5.09. The Morgan fingerprint density at radius 2 is 2.29 bits per heavy atom. The molecule has 0 aliphatic carbocycles. The van der Waals surface area contributed by atoms with E-state index in [0.29, 0.717) is 5.88 Å². The maximum atomic E-state index is 5.57. The molecule has 0 atom stereocenters. The van der Waals surface area contributed by atoms with Crippen molar-refractivity contribution in [1.29, 1.82) is 0 Å². The smallest absolute Gasteiger partial charge is 0.237 e. The number of hydrogen-bond donors (Lipinski definition) is 1. The molecular formula is C11H18N2O. The van der Waals surface area contributed by atoms with Gasteiger partial charge in [0.15, 0.2) is 0 Å². The monoisotopic (exact) mass is 194 g/mol. The molecule has 0 saturated heterocycles. The van der Waals surface area contributed by atoms with Gasteiger partial charge in [0.25, 0.3) is 0 Å². The van der Waals surface area contributed by atoms with E-state index in [1.165, 1.54) is 0 Å². The van der Waals surface area contributed by atoms with Crippen LogP contribution in [0.5, 0.6) is 5.88 Å². The van der Waals surface area contributed by atoms with Crippen molar-refractivity contribution in [3.8, 4) is 5.88 Å². The third-order valence-electron chi connectivity index (χ3n) is 1.68. The van der Waals surface area contributed by atoms with Crippen LogP contribution in [0.4, 0.5) is 5.69 Å². The number of anilines is 1. The van der Waals surface area contributed by atoms with Gasteiger partial charge in [-0.15, -0.1) is 0 Å². The maximum Gasteiger partial charge on any atom is 0.237 e. The van der Waals surface area contributed by atoms with Crippen LogP contribution in [-0.4, -0.2) is 17.6 Å². The van der Waals surface area contributed by atoms with E-state index in [4.69, 9.17) is 4.74 Å². The molecule has 0 radical (unpaired) electrons. The highest BCUT2D eigenvalue weighted by Gasteiger charge is 2.04. The summed E-state index contributed by atoms with van der Waals surface area (Å²) in [6.45, 7) is 7.07. The lowest BCUT2D eigenvalue weighted by Crippen LogP contribution is -2.10. The van der Waals surface area contributed by atoms with Crippen molar-refractivity contribution >= 4 is 5.69 Å². The molecule has 1 rings (SSSR count). The van der Waals surface area contributed by atoms with Gasteiger partial charge in [-0.05, 0) is 32.4 Å². The van der Waals surface area contributed by atoms with Crippen molar-refractivity contribution in [2.45, 2.75) is 33.3 Å². The molecule has 3 heteroatoms. The van der Waals surface area contributed by atoms with Crippen LogP contribution in [0.2, 0.25) is 0 Å². The fourth-order valence-corrected chi connectivity index (χ4v) is 1.10. The van der Waals surface area contributed by atoms with Crippen LogP contribution in [0.25, 0.3) is 0 Å². The van der Waals surface area contributed by atoms with E-state index in [-0.39, 0.29) is 6.10 Å². The molecule has 1 aromatic rings. The highest BCUT2D eigenvalue weighted by molar-refractivity contribution is 5.51. The number of nitrogens with one attached hydrogen (secondary N) is 1. The first-order chi connectivity index (χ1) is 6.74. The van der Waals surface area contributed by atoms with Gasteiger partial charge in [0.05, 0.1) is 11.8 Å². The van der Waals surface area contributed by atoms with Gasteiger partial charge in [0.2, 0.25) is 5.88 Å². The lowest BCUT2D eigenvalue weighted by molar-refractivity contribution is 0.234. The van der Waals surface area contributed by atoms with Crippen LogP contribution in [-0.2, 0) is 0 Å². The predicted molar refractivity (Wildman–Crippen MR) is 58.8 cm³/mol. The minimum absolute atomic E-state index is 0.159. The molecule has 78 valence electrons. The molecule has 0 aliphatic rings. The van der Waals surface area contributed by atoms with Crippen LogP contribution < -0.4 is 10.1 Å². The summed E-state index contributed by atoms with van der Waals surface area (Å²) in [6, 6.07) is 3.89. The molecule has 0 spiro atoms. The van der Waals surface area contributed by atoms with Gasteiger partial charge in [-0.2, -0.15) is 0 Å². The summed E-state index contributed by atoms with van der Waals surface area (Å²) in [5.74, 6) is 0.691. The summed E-state index contributed by atoms with van der Waals surface area (Å²) in [7, 11) is 0. The molecule has 0 amide bonds. The van der Waals surface area contributed by atoms with Crippen LogP contribution in [0, 0.1) is 0 Å². The van der Waals surface area contributed by atoms with Crippen molar-refractivity contribution in [3.05, 3.63) is 18.3 Å². The number of hydrogen-bond acceptors (Lipinski definition) is 3. The summed E-state index contributed by atoms with van der Waals surface area (Å²) in [4.78, 5) is 4.19. The third kappa shape index (κ3) is 3.24. The van der Waals surface area contributed by atoms with Gasteiger partial charge in [-0.25, -0.2) is 4.98 Å². The molecule has 0 bridgehead atoms. The van der Waals surface area contributed by atoms with E-state index in [1.807, 2.05) is 26.0 Å². The van der Waals surface area contributed by atoms with E-state index in [0.717, 1.165) is 18.7 Å². The Hall–Kier alpha value is -1.25. The average Bonchev–Trinajstić information content (AvgIpc) is 2.16. The Labute approximate surface area is 85.5 Å². The Morgan fingerprint density at radius 1 is 1.50 bits per heavy atom. The molecular weight excluding hydrogens is 176 g/mol. The SMILES string of the molecule is CCCNc1cccnc1OC(C)C. The Kier molecular flexibility index (Phi) is 4.23. The van der Waals surface area contributed by atoms with Crippen LogP contribution in [0.1, 0.15) is 27.2 Å². The average molecular weight is 194 g/mol. The summed E-state index contributed by atoms with van der Waals surface area (Å²) < 4.78 is 5.57. The topological polar surface area (TPSA) is 34.2 Å². The Bertz CT molecular complexity index is 274. The van der Waals surface area contributed by atoms with Crippen molar-refractivity contribution in [3.63, 3.8) is 0 Å². The van der Waals surface area contributed by atoms with Crippen molar-refractivity contribution in [2.24, 2.45) is 0 Å². The van der Waals surface area contributed by atoms with Crippen molar-refractivity contribution in [2.75, 3.05) is 11.9 Å². The van der Waals surface area contributed by atoms with Crippen molar-refractivity contribution < 1.29 is 4.74 Å². The molecule has 1 heterocycles. The second-order valence-corrected chi connectivity index (χ2v) is 3.45. The molecule has 1 N–H and O–H groups in total. The predicted octanol–water partition coefficient (Wildman–Crippen LogP) is 2.69. The number of nitrogens with zero attached hydrogens (tertiary/aromatic N) is 1. The molecule has 1 aromatic heterocycles. The molecule has 0 aliphatic heterocycles. The van der Waals surface area contributed by atoms with Crippen LogP contribution >= 0.6 is 0 Å². The Morgan fingerprint density at radius 3 is 2.93 bits per heavy atom. The lowest BCUT2D eigenvalue weighted by atomic mass is 10.3. The number of rotatable bonds is 5. The Balaban J connectivity index is 2.69. The van der Waals surface area contributed by atoms with E-state index < -0.39 is 0 Å². The molecule has 0 unspecified atom stereocenters. The van der Waals surface area contributed by atoms with E-state index in [1.54, 1.807) is 6.20 Å². The molecule has 0 aromatic carbocycles. The zero-order valence-corrected chi connectivity index (χ0v) is 9.08. The van der Waals surface area contributed by atoms with Gasteiger partial charge in [0, 0.05) is 12.7 Å². The largest absolute Gasteiger partial charge is 0.473 e. The van der Waals surface area contributed by atoms with E-state index in [2.05, 4.69) is 17.2 Å². The molecule has 0 fully saturated rings. The van der Waals surface area contributed by atoms with E-state index >= 15 is 0 Å². The molecule has 14 heavy (non-hydrogen) atoms. The molecule has 3 nitrogen and oxygen atoms in total. The fourth-order valence-electron chi connectivity index (χ4n) is 1.10. The highest BCUT2D eigenvalue weighted by atomic mass is 16.5. The van der Waals surface area contributed by atoms with Crippen LogP contribution in [0.15, 0.2) is 18.3 Å². The fraction of sp³-hybridized carbons (Fsp3) is 0.545. The number of aromatic nitrogens is 1. The second-order valence-electron chi connectivity index (χ2n) is 3.45. The van der Waals surface area contributed by atoms with Gasteiger partial charge >= 0.3 is 0 Å². The minimum Gasteiger partial charge on any atom is -0.473 e. The normalized spacial score (nSPS) is 10.3. The zero-order valence-electron chi connectivity index (χ0n) is 9.08. The first-order valence-electron chi connectivity index (χ1n) is 5.09. The quantitative estimate of drug-likeness (QED) is 0.782. The van der Waals surface area contributed by atoms with Gasteiger partial charge < -0.3 is 10.1 Å². The van der Waals surface area contributed by atoms with Gasteiger partial charge in [0.1, 0.15) is 0 Å². The van der Waals surface area contributed by atoms with Crippen LogP contribution in [0.3, 0.4) is 0 Å². The third-order valence-corrected chi connectivity index (χ3v) is 1.68. The number of pyridine rings is 1. The summed E-state index contributed by atoms with van der Waals surface area (Å²) >= 11 is 0. The highest BCUT2D eigenvalue weighted by Crippen LogP contribution is 2.21.